The molecule has 0 fully saturated rings. The highest BCUT2D eigenvalue weighted by molar-refractivity contribution is 6.11. The second-order valence-corrected chi connectivity index (χ2v) is 5.56. The highest BCUT2D eigenvalue weighted by atomic mass is 16.5. The Morgan fingerprint density at radius 2 is 1.58 bits per heavy atom. The van der Waals surface area contributed by atoms with Gasteiger partial charge in [-0.2, -0.15) is 0 Å². The first-order chi connectivity index (χ1) is 11.8. The first kappa shape index (κ1) is 14.3. The summed E-state index contributed by atoms with van der Waals surface area (Å²) in [5, 5.41) is 5.68. The number of aromatic nitrogens is 1. The highest BCUT2D eigenvalue weighted by Gasteiger charge is 2.13. The molecule has 24 heavy (non-hydrogen) atoms. The van der Waals surface area contributed by atoms with Crippen LogP contribution in [0, 0.1) is 0 Å². The summed E-state index contributed by atoms with van der Waals surface area (Å²) >= 11 is 0. The van der Waals surface area contributed by atoms with Gasteiger partial charge in [0, 0.05) is 16.3 Å². The molecule has 0 amide bonds. The molecule has 2 N–H and O–H groups in total. The largest absolute Gasteiger partial charge is 0.465 e. The fourth-order valence-corrected chi connectivity index (χ4v) is 3.00. The average Bonchev–Trinajstić information content (AvgIpc) is 3.01. The first-order valence-corrected chi connectivity index (χ1v) is 7.72. The molecule has 0 unspecified atom stereocenters. The number of rotatable bonds is 3. The van der Waals surface area contributed by atoms with Crippen LogP contribution in [0.5, 0.6) is 0 Å². The van der Waals surface area contributed by atoms with Crippen molar-refractivity contribution in [2.75, 3.05) is 12.4 Å². The predicted molar refractivity (Wildman–Crippen MR) is 96.9 cm³/mol. The molecule has 0 aliphatic heterocycles. The number of methoxy groups -OCH3 is 1. The number of carbonyl (C=O) groups excluding carboxylic acids is 1. The molecule has 4 rings (SSSR count). The summed E-state index contributed by atoms with van der Waals surface area (Å²) in [7, 11) is 1.39. The van der Waals surface area contributed by atoms with Crippen molar-refractivity contribution in [3.63, 3.8) is 0 Å². The number of esters is 1. The lowest BCUT2D eigenvalue weighted by Gasteiger charge is -2.11. The van der Waals surface area contributed by atoms with Gasteiger partial charge in [-0.05, 0) is 24.3 Å². The number of fused-ring (bicyclic) bond motifs is 3. The molecule has 0 radical (unpaired) electrons. The molecule has 0 saturated carbocycles. The number of para-hydroxylation sites is 3. The van der Waals surface area contributed by atoms with Gasteiger partial charge in [0.25, 0.3) is 0 Å². The second-order valence-electron chi connectivity index (χ2n) is 5.56. The van der Waals surface area contributed by atoms with Crippen molar-refractivity contribution in [1.29, 1.82) is 0 Å². The molecule has 0 spiro atoms. The molecule has 0 atom stereocenters. The zero-order chi connectivity index (χ0) is 16.5. The van der Waals surface area contributed by atoms with E-state index in [2.05, 4.69) is 28.5 Å². The van der Waals surface area contributed by atoms with Crippen molar-refractivity contribution in [2.45, 2.75) is 0 Å². The lowest BCUT2D eigenvalue weighted by molar-refractivity contribution is 0.0602. The Balaban J connectivity index is 1.85. The predicted octanol–water partition coefficient (Wildman–Crippen LogP) is 4.85. The maximum atomic E-state index is 12.0. The minimum absolute atomic E-state index is 0.359. The van der Waals surface area contributed by atoms with Crippen LogP contribution >= 0.6 is 0 Å². The molecular formula is C20H16N2O2. The smallest absolute Gasteiger partial charge is 0.339 e. The Kier molecular flexibility index (Phi) is 3.43. The van der Waals surface area contributed by atoms with Crippen LogP contribution in [0.2, 0.25) is 0 Å². The SMILES string of the molecule is COC(=O)c1ccccc1Nc1cccc2c1[nH]c1ccccc12. The monoisotopic (exact) mass is 316 g/mol. The van der Waals surface area contributed by atoms with Crippen molar-refractivity contribution in [1.82, 2.24) is 4.98 Å². The Labute approximate surface area is 139 Å². The molecule has 0 saturated heterocycles. The Hall–Kier alpha value is -3.27. The minimum Gasteiger partial charge on any atom is -0.465 e. The third kappa shape index (κ3) is 2.29. The summed E-state index contributed by atoms with van der Waals surface area (Å²) in [5.74, 6) is -0.359. The van der Waals surface area contributed by atoms with E-state index in [1.807, 2.05) is 42.5 Å². The number of hydrogen-bond donors (Lipinski definition) is 2. The quantitative estimate of drug-likeness (QED) is 0.531. The Bertz CT molecular complexity index is 1050. The zero-order valence-corrected chi connectivity index (χ0v) is 13.2. The van der Waals surface area contributed by atoms with Crippen molar-refractivity contribution < 1.29 is 9.53 Å². The van der Waals surface area contributed by atoms with Crippen LogP contribution in [0.3, 0.4) is 0 Å². The highest BCUT2D eigenvalue weighted by Crippen LogP contribution is 2.32. The van der Waals surface area contributed by atoms with E-state index in [4.69, 9.17) is 4.74 Å². The van der Waals surface area contributed by atoms with Crippen LogP contribution in [0.25, 0.3) is 21.8 Å². The third-order valence-corrected chi connectivity index (χ3v) is 4.14. The Morgan fingerprint density at radius 1 is 0.875 bits per heavy atom. The minimum atomic E-state index is -0.359. The molecule has 0 bridgehead atoms. The van der Waals surface area contributed by atoms with Gasteiger partial charge < -0.3 is 15.0 Å². The molecule has 0 aliphatic carbocycles. The molecule has 1 aromatic heterocycles. The molecule has 0 aliphatic rings. The lowest BCUT2D eigenvalue weighted by Crippen LogP contribution is -2.05. The van der Waals surface area contributed by atoms with E-state index in [1.54, 1.807) is 6.07 Å². The van der Waals surface area contributed by atoms with E-state index in [0.717, 1.165) is 27.8 Å². The maximum absolute atomic E-state index is 12.0. The maximum Gasteiger partial charge on any atom is 0.339 e. The van der Waals surface area contributed by atoms with E-state index in [9.17, 15) is 4.79 Å². The molecule has 118 valence electrons. The number of benzene rings is 3. The molecule has 1 heterocycles. The van der Waals surface area contributed by atoms with Gasteiger partial charge in [0.15, 0.2) is 0 Å². The topological polar surface area (TPSA) is 54.1 Å². The Morgan fingerprint density at radius 3 is 2.46 bits per heavy atom. The van der Waals surface area contributed by atoms with Gasteiger partial charge in [0.2, 0.25) is 0 Å². The van der Waals surface area contributed by atoms with Crippen molar-refractivity contribution in [3.8, 4) is 0 Å². The fourth-order valence-electron chi connectivity index (χ4n) is 3.00. The van der Waals surface area contributed by atoms with E-state index in [0.29, 0.717) is 5.56 Å². The molecule has 4 aromatic rings. The van der Waals surface area contributed by atoms with E-state index in [-0.39, 0.29) is 5.97 Å². The van der Waals surface area contributed by atoms with Crippen LogP contribution in [0.4, 0.5) is 11.4 Å². The number of ether oxygens (including phenoxy) is 1. The normalized spacial score (nSPS) is 10.9. The average molecular weight is 316 g/mol. The van der Waals surface area contributed by atoms with Gasteiger partial charge in [-0.3, -0.25) is 0 Å². The van der Waals surface area contributed by atoms with Gasteiger partial charge in [-0.25, -0.2) is 4.79 Å². The zero-order valence-electron chi connectivity index (χ0n) is 13.2. The van der Waals surface area contributed by atoms with Gasteiger partial charge in [0.05, 0.1) is 29.6 Å². The number of hydrogen-bond acceptors (Lipinski definition) is 3. The van der Waals surface area contributed by atoms with Crippen LogP contribution in [-0.4, -0.2) is 18.1 Å². The molecular weight excluding hydrogens is 300 g/mol. The fraction of sp³-hybridized carbons (Fsp3) is 0.0500. The molecule has 4 heteroatoms. The van der Waals surface area contributed by atoms with E-state index >= 15 is 0 Å². The number of H-pyrrole nitrogens is 1. The number of nitrogens with one attached hydrogen (secondary N) is 2. The van der Waals surface area contributed by atoms with Crippen LogP contribution < -0.4 is 5.32 Å². The van der Waals surface area contributed by atoms with Crippen LogP contribution in [0.1, 0.15) is 10.4 Å². The summed E-state index contributed by atoms with van der Waals surface area (Å²) in [6.45, 7) is 0. The van der Waals surface area contributed by atoms with Crippen molar-refractivity contribution >= 4 is 39.1 Å². The van der Waals surface area contributed by atoms with Gasteiger partial charge in [-0.1, -0.05) is 42.5 Å². The summed E-state index contributed by atoms with van der Waals surface area (Å²) in [6, 6.07) is 21.6. The standard InChI is InChI=1S/C20H16N2O2/c1-24-20(23)15-8-3-5-11-17(15)21-18-12-6-9-14-13-7-2-4-10-16(13)22-19(14)18/h2-12,21-22H,1H3. The number of aromatic amines is 1. The summed E-state index contributed by atoms with van der Waals surface area (Å²) in [6.07, 6.45) is 0. The first-order valence-electron chi connectivity index (χ1n) is 7.72. The lowest BCUT2D eigenvalue weighted by atomic mass is 10.1. The summed E-state index contributed by atoms with van der Waals surface area (Å²) in [4.78, 5) is 15.4. The van der Waals surface area contributed by atoms with Crippen molar-refractivity contribution in [3.05, 3.63) is 72.3 Å². The molecule has 3 aromatic carbocycles. The number of carbonyl (C=O) groups is 1. The summed E-state index contributed by atoms with van der Waals surface area (Å²) in [5.41, 5.74) is 4.24. The number of anilines is 2. The van der Waals surface area contributed by atoms with Gasteiger partial charge in [-0.15, -0.1) is 0 Å². The van der Waals surface area contributed by atoms with E-state index in [1.165, 1.54) is 12.5 Å². The molecule has 4 nitrogen and oxygen atoms in total. The van der Waals surface area contributed by atoms with Gasteiger partial charge in [0.1, 0.15) is 0 Å². The van der Waals surface area contributed by atoms with Gasteiger partial charge >= 0.3 is 5.97 Å². The second kappa shape index (κ2) is 5.74. The van der Waals surface area contributed by atoms with Crippen LogP contribution in [0.15, 0.2) is 66.7 Å². The third-order valence-electron chi connectivity index (χ3n) is 4.14. The van der Waals surface area contributed by atoms with Crippen molar-refractivity contribution in [2.24, 2.45) is 0 Å². The summed E-state index contributed by atoms with van der Waals surface area (Å²) < 4.78 is 4.86. The van der Waals surface area contributed by atoms with E-state index < -0.39 is 0 Å². The van der Waals surface area contributed by atoms with Crippen LogP contribution in [-0.2, 0) is 4.74 Å².